The van der Waals surface area contributed by atoms with Crippen molar-refractivity contribution in [2.45, 2.75) is 0 Å². The van der Waals surface area contributed by atoms with E-state index in [2.05, 4.69) is 0 Å². The minimum atomic E-state index is -1.09. The van der Waals surface area contributed by atoms with Gasteiger partial charge in [-0.1, -0.05) is 24.3 Å². The van der Waals surface area contributed by atoms with Gasteiger partial charge in [-0.3, -0.25) is 4.79 Å². The van der Waals surface area contributed by atoms with Crippen LogP contribution in [0.4, 0.5) is 0 Å². The Kier molecular flexibility index (Phi) is 3.10. The number of hydrogen-bond donors (Lipinski definition) is 2. The normalized spacial score (nSPS) is 10.0. The summed E-state index contributed by atoms with van der Waals surface area (Å²) in [4.78, 5) is 21.3. The van der Waals surface area contributed by atoms with Crippen LogP contribution in [0, 0.1) is 0 Å². The predicted molar refractivity (Wildman–Crippen MR) is 65.9 cm³/mol. The van der Waals surface area contributed by atoms with Crippen LogP contribution in [0.1, 0.15) is 20.7 Å². The summed E-state index contributed by atoms with van der Waals surface area (Å²) in [5.74, 6) is -1.19. The van der Waals surface area contributed by atoms with Gasteiger partial charge in [0.05, 0.1) is 5.56 Å². The van der Waals surface area contributed by atoms with Crippen molar-refractivity contribution in [3.63, 3.8) is 0 Å². The van der Waals surface area contributed by atoms with E-state index >= 15 is 0 Å². The lowest BCUT2D eigenvalue weighted by molar-refractivity contribution is 0.0696. The van der Waals surface area contributed by atoms with Crippen LogP contribution in [-0.2, 0) is 0 Å². The Bertz CT molecular complexity index is 600. The summed E-state index contributed by atoms with van der Waals surface area (Å²) in [5, 5.41) is 18.6. The van der Waals surface area contributed by atoms with Gasteiger partial charge in [-0.2, -0.15) is 0 Å². The molecule has 2 rings (SSSR count). The molecule has 0 aliphatic rings. The Morgan fingerprint density at radius 1 is 1.06 bits per heavy atom. The maximum Gasteiger partial charge on any atom is 0.335 e. The number of carbonyl (C=O) groups excluding carboxylic acids is 1. The van der Waals surface area contributed by atoms with Gasteiger partial charge in [-0.05, 0) is 23.8 Å². The molecule has 2 aromatic rings. The molecule has 0 unspecified atom stereocenters. The van der Waals surface area contributed by atoms with Crippen molar-refractivity contribution in [3.05, 3.63) is 53.6 Å². The first-order valence-corrected chi connectivity index (χ1v) is 5.24. The van der Waals surface area contributed by atoms with Crippen LogP contribution in [0.25, 0.3) is 11.1 Å². The first-order valence-electron chi connectivity index (χ1n) is 5.24. The highest BCUT2D eigenvalue weighted by Gasteiger charge is 2.09. The Hall–Kier alpha value is -2.62. The summed E-state index contributed by atoms with van der Waals surface area (Å²) in [6.45, 7) is 0. The molecular formula is C14H10O4. The molecule has 0 saturated carbocycles. The molecule has 0 aliphatic carbocycles. The molecule has 0 atom stereocenters. The van der Waals surface area contributed by atoms with Crippen molar-refractivity contribution < 1.29 is 19.8 Å². The Balaban J connectivity index is 2.44. The van der Waals surface area contributed by atoms with Crippen LogP contribution in [0.5, 0.6) is 5.75 Å². The zero-order chi connectivity index (χ0) is 13.1. The third-order valence-corrected chi connectivity index (χ3v) is 2.60. The van der Waals surface area contributed by atoms with E-state index < -0.39 is 5.97 Å². The average Bonchev–Trinajstić information content (AvgIpc) is 2.38. The lowest BCUT2D eigenvalue weighted by Crippen LogP contribution is -1.95. The van der Waals surface area contributed by atoms with Gasteiger partial charge in [-0.25, -0.2) is 4.79 Å². The fraction of sp³-hybridized carbons (Fsp3) is 0. The SMILES string of the molecule is O=Cc1ccc(-c2ccc(C(=O)O)cc2O)cc1. The highest BCUT2D eigenvalue weighted by molar-refractivity contribution is 5.89. The van der Waals surface area contributed by atoms with Crippen LogP contribution in [0.2, 0.25) is 0 Å². The number of carbonyl (C=O) groups is 2. The van der Waals surface area contributed by atoms with Crippen LogP contribution in [0.15, 0.2) is 42.5 Å². The first-order chi connectivity index (χ1) is 8.61. The van der Waals surface area contributed by atoms with Crippen molar-refractivity contribution in [1.29, 1.82) is 0 Å². The van der Waals surface area contributed by atoms with Crippen LogP contribution < -0.4 is 0 Å². The summed E-state index contributed by atoms with van der Waals surface area (Å²) >= 11 is 0. The molecular weight excluding hydrogens is 232 g/mol. The van der Waals surface area contributed by atoms with Crippen molar-refractivity contribution in [2.24, 2.45) is 0 Å². The molecule has 90 valence electrons. The van der Waals surface area contributed by atoms with Crippen molar-refractivity contribution in [1.82, 2.24) is 0 Å². The number of phenols is 1. The number of aromatic carboxylic acids is 1. The van der Waals surface area contributed by atoms with E-state index in [1.54, 1.807) is 24.3 Å². The number of phenolic OH excluding ortho intramolecular Hbond substituents is 1. The van der Waals surface area contributed by atoms with Gasteiger partial charge < -0.3 is 10.2 Å². The second kappa shape index (κ2) is 4.71. The Morgan fingerprint density at radius 3 is 2.22 bits per heavy atom. The number of aromatic hydroxyl groups is 1. The molecule has 2 N–H and O–H groups in total. The van der Waals surface area contributed by atoms with Crippen LogP contribution in [-0.4, -0.2) is 22.5 Å². The number of benzene rings is 2. The van der Waals surface area contributed by atoms with Crippen molar-refractivity contribution in [3.8, 4) is 16.9 Å². The molecule has 2 aromatic carbocycles. The number of rotatable bonds is 3. The minimum Gasteiger partial charge on any atom is -0.507 e. The van der Waals surface area contributed by atoms with Gasteiger partial charge in [-0.15, -0.1) is 0 Å². The van der Waals surface area contributed by atoms with Crippen LogP contribution >= 0.6 is 0 Å². The molecule has 0 aliphatic heterocycles. The van der Waals surface area contributed by atoms with E-state index in [-0.39, 0.29) is 11.3 Å². The third-order valence-electron chi connectivity index (χ3n) is 2.60. The minimum absolute atomic E-state index is 0.0285. The monoisotopic (exact) mass is 242 g/mol. The Morgan fingerprint density at radius 2 is 1.72 bits per heavy atom. The predicted octanol–water partition coefficient (Wildman–Crippen LogP) is 2.57. The topological polar surface area (TPSA) is 74.6 Å². The van der Waals surface area contributed by atoms with Crippen molar-refractivity contribution >= 4 is 12.3 Å². The maximum absolute atomic E-state index is 10.7. The lowest BCUT2D eigenvalue weighted by Gasteiger charge is -2.06. The van der Waals surface area contributed by atoms with E-state index in [1.165, 1.54) is 18.2 Å². The largest absolute Gasteiger partial charge is 0.507 e. The molecule has 0 fully saturated rings. The molecule has 0 bridgehead atoms. The molecule has 4 heteroatoms. The molecule has 18 heavy (non-hydrogen) atoms. The highest BCUT2D eigenvalue weighted by atomic mass is 16.4. The van der Waals surface area contributed by atoms with Gasteiger partial charge in [0.1, 0.15) is 12.0 Å². The summed E-state index contributed by atoms with van der Waals surface area (Å²) in [6, 6.07) is 10.8. The molecule has 4 nitrogen and oxygen atoms in total. The van der Waals surface area contributed by atoms with E-state index in [1.807, 2.05) is 0 Å². The number of carboxylic acid groups (broad SMARTS) is 1. The summed E-state index contributed by atoms with van der Waals surface area (Å²) in [5.41, 5.74) is 1.81. The fourth-order valence-corrected chi connectivity index (χ4v) is 1.65. The second-order valence-corrected chi connectivity index (χ2v) is 3.78. The molecule has 0 heterocycles. The number of carboxylic acids is 1. The quantitative estimate of drug-likeness (QED) is 0.811. The molecule has 0 amide bonds. The number of hydrogen-bond acceptors (Lipinski definition) is 3. The zero-order valence-electron chi connectivity index (χ0n) is 9.33. The smallest absolute Gasteiger partial charge is 0.335 e. The van der Waals surface area contributed by atoms with Crippen LogP contribution in [0.3, 0.4) is 0 Å². The lowest BCUT2D eigenvalue weighted by atomic mass is 10.0. The average molecular weight is 242 g/mol. The van der Waals surface area contributed by atoms with Gasteiger partial charge >= 0.3 is 5.97 Å². The number of aldehydes is 1. The maximum atomic E-state index is 10.7. The van der Waals surface area contributed by atoms with E-state index in [0.29, 0.717) is 11.1 Å². The van der Waals surface area contributed by atoms with E-state index in [0.717, 1.165) is 11.8 Å². The molecule has 0 saturated heterocycles. The van der Waals surface area contributed by atoms with E-state index in [4.69, 9.17) is 5.11 Å². The molecule has 0 spiro atoms. The first kappa shape index (κ1) is 11.9. The van der Waals surface area contributed by atoms with Gasteiger partial charge in [0, 0.05) is 11.1 Å². The Labute approximate surface area is 103 Å². The van der Waals surface area contributed by atoms with E-state index in [9.17, 15) is 14.7 Å². The van der Waals surface area contributed by atoms with Gasteiger partial charge in [0.2, 0.25) is 0 Å². The standard InChI is InChI=1S/C14H10O4/c15-8-9-1-3-10(4-2-9)12-6-5-11(14(17)18)7-13(12)16/h1-8,16H,(H,17,18). The zero-order valence-corrected chi connectivity index (χ0v) is 9.33. The second-order valence-electron chi connectivity index (χ2n) is 3.78. The summed E-state index contributed by atoms with van der Waals surface area (Å²) in [6.07, 6.45) is 0.733. The summed E-state index contributed by atoms with van der Waals surface area (Å²) in [7, 11) is 0. The van der Waals surface area contributed by atoms with Gasteiger partial charge in [0.15, 0.2) is 0 Å². The summed E-state index contributed by atoms with van der Waals surface area (Å²) < 4.78 is 0. The molecule has 0 aromatic heterocycles. The molecule has 0 radical (unpaired) electrons. The fourth-order valence-electron chi connectivity index (χ4n) is 1.65. The van der Waals surface area contributed by atoms with Gasteiger partial charge in [0.25, 0.3) is 0 Å². The highest BCUT2D eigenvalue weighted by Crippen LogP contribution is 2.29. The van der Waals surface area contributed by atoms with Crippen molar-refractivity contribution in [2.75, 3.05) is 0 Å². The third kappa shape index (κ3) is 2.22.